The van der Waals surface area contributed by atoms with E-state index in [4.69, 9.17) is 10.5 Å². The van der Waals surface area contributed by atoms with Crippen LogP contribution in [-0.2, 0) is 14.3 Å². The molecule has 2 unspecified atom stereocenters. The second-order valence-electron chi connectivity index (χ2n) is 9.89. The Balaban J connectivity index is 1.38. The highest BCUT2D eigenvalue weighted by Crippen LogP contribution is 2.40. The van der Waals surface area contributed by atoms with Gasteiger partial charge in [-0.15, -0.1) is 0 Å². The van der Waals surface area contributed by atoms with E-state index >= 15 is 0 Å². The van der Waals surface area contributed by atoms with Gasteiger partial charge >= 0.3 is 11.9 Å². The number of rotatable bonds is 8. The molecule has 10 nitrogen and oxygen atoms in total. The Bertz CT molecular complexity index is 1460. The van der Waals surface area contributed by atoms with Crippen molar-refractivity contribution in [2.75, 3.05) is 13.1 Å². The molecule has 2 aliphatic heterocycles. The molecule has 3 aromatic carbocycles. The van der Waals surface area contributed by atoms with E-state index in [1.165, 1.54) is 25.1 Å². The predicted molar refractivity (Wildman–Crippen MR) is 147 cm³/mol. The molecule has 0 aromatic heterocycles. The molecule has 0 radical (unpaired) electrons. The largest absolute Gasteiger partial charge is 0.478 e. The van der Waals surface area contributed by atoms with E-state index in [0.717, 1.165) is 11.1 Å². The Labute approximate surface area is 230 Å². The standard InChI is InChI=1S/C30H28N4O6/c1-18-24(29(35)36)25(21-13-8-14-22(15-21)34(38)39)26(28(31)32-18)30(37)40-23-16-33(17-23)27(19-9-4-2-5-10-19)20-11-6-3-7-12-20/h2-15,23,25-27H,16-17H2,1H3,(H2,31,32)(H,35,36). The van der Waals surface area contributed by atoms with Crippen molar-refractivity contribution in [3.8, 4) is 0 Å². The number of aliphatic carboxylic acids is 1. The van der Waals surface area contributed by atoms with Crippen LogP contribution in [-0.4, -0.2) is 51.9 Å². The molecule has 3 aromatic rings. The number of esters is 1. The number of carboxylic acids is 1. The zero-order valence-electron chi connectivity index (χ0n) is 21.7. The van der Waals surface area contributed by atoms with E-state index in [9.17, 15) is 24.8 Å². The number of nitrogens with two attached hydrogens (primary N) is 1. The van der Waals surface area contributed by atoms with Gasteiger partial charge in [-0.1, -0.05) is 72.8 Å². The summed E-state index contributed by atoms with van der Waals surface area (Å²) >= 11 is 0. The number of carbonyl (C=O) groups is 2. The summed E-state index contributed by atoms with van der Waals surface area (Å²) in [6.45, 7) is 2.41. The van der Waals surface area contributed by atoms with E-state index in [1.54, 1.807) is 6.07 Å². The van der Waals surface area contributed by atoms with E-state index in [-0.39, 0.29) is 34.4 Å². The number of amidine groups is 1. The highest BCUT2D eigenvalue weighted by molar-refractivity contribution is 6.06. The summed E-state index contributed by atoms with van der Waals surface area (Å²) < 4.78 is 5.85. The fourth-order valence-electron chi connectivity index (χ4n) is 5.50. The van der Waals surface area contributed by atoms with Gasteiger partial charge in [0.15, 0.2) is 0 Å². The molecule has 0 aliphatic carbocycles. The smallest absolute Gasteiger partial charge is 0.334 e. The lowest BCUT2D eigenvalue weighted by Crippen LogP contribution is -2.55. The lowest BCUT2D eigenvalue weighted by molar-refractivity contribution is -0.384. The maximum atomic E-state index is 13.6. The molecule has 2 atom stereocenters. The first-order valence-electron chi connectivity index (χ1n) is 12.8. The van der Waals surface area contributed by atoms with E-state index in [0.29, 0.717) is 13.1 Å². The Morgan fingerprint density at radius 1 is 1.02 bits per heavy atom. The average Bonchev–Trinajstić information content (AvgIpc) is 2.92. The van der Waals surface area contributed by atoms with Crippen LogP contribution in [0.2, 0.25) is 0 Å². The Morgan fingerprint density at radius 2 is 1.62 bits per heavy atom. The minimum Gasteiger partial charge on any atom is -0.478 e. The van der Waals surface area contributed by atoms with Crippen molar-refractivity contribution in [3.63, 3.8) is 0 Å². The Morgan fingerprint density at radius 3 is 2.17 bits per heavy atom. The van der Waals surface area contributed by atoms with Crippen LogP contribution in [0.4, 0.5) is 5.69 Å². The summed E-state index contributed by atoms with van der Waals surface area (Å²) in [7, 11) is 0. The fourth-order valence-corrected chi connectivity index (χ4v) is 5.50. The second kappa shape index (κ2) is 11.1. The van der Waals surface area contributed by atoms with Gasteiger partial charge in [0.25, 0.3) is 5.69 Å². The number of carboxylic acid groups (broad SMARTS) is 1. The number of hydrogen-bond acceptors (Lipinski definition) is 8. The number of carbonyl (C=O) groups excluding carboxylic acids is 1. The number of hydrogen-bond donors (Lipinski definition) is 2. The van der Waals surface area contributed by atoms with Crippen LogP contribution in [0.5, 0.6) is 0 Å². The molecule has 40 heavy (non-hydrogen) atoms. The van der Waals surface area contributed by atoms with Gasteiger partial charge in [-0.25, -0.2) is 9.79 Å². The molecule has 3 N–H and O–H groups in total. The van der Waals surface area contributed by atoms with Gasteiger partial charge in [-0.05, 0) is 23.6 Å². The lowest BCUT2D eigenvalue weighted by atomic mass is 9.77. The van der Waals surface area contributed by atoms with Gasteiger partial charge in [-0.3, -0.25) is 19.8 Å². The highest BCUT2D eigenvalue weighted by atomic mass is 16.6. The van der Waals surface area contributed by atoms with E-state index < -0.39 is 34.8 Å². The van der Waals surface area contributed by atoms with Crippen molar-refractivity contribution in [2.45, 2.75) is 25.0 Å². The van der Waals surface area contributed by atoms with Crippen LogP contribution in [0.25, 0.3) is 0 Å². The number of aliphatic imine (C=N–C) groups is 1. The molecular formula is C30H28N4O6. The molecular weight excluding hydrogens is 512 g/mol. The molecule has 0 amide bonds. The number of non-ortho nitro benzene ring substituents is 1. The molecule has 2 heterocycles. The first-order chi connectivity index (χ1) is 19.2. The van der Waals surface area contributed by atoms with Crippen molar-refractivity contribution in [3.05, 3.63) is 123 Å². The van der Waals surface area contributed by atoms with Gasteiger partial charge in [0.2, 0.25) is 0 Å². The van der Waals surface area contributed by atoms with Crippen molar-refractivity contribution >= 4 is 23.5 Å². The zero-order chi connectivity index (χ0) is 28.4. The van der Waals surface area contributed by atoms with Crippen molar-refractivity contribution in [1.82, 2.24) is 4.90 Å². The van der Waals surface area contributed by atoms with Gasteiger partial charge < -0.3 is 15.6 Å². The number of nitro groups is 1. The molecule has 0 saturated carbocycles. The Hall–Kier alpha value is -4.83. The highest BCUT2D eigenvalue weighted by Gasteiger charge is 2.45. The first-order valence-corrected chi connectivity index (χ1v) is 12.8. The molecule has 204 valence electrons. The zero-order valence-corrected chi connectivity index (χ0v) is 21.7. The normalized spacial score (nSPS) is 19.6. The molecule has 1 fully saturated rings. The topological polar surface area (TPSA) is 148 Å². The molecule has 0 bridgehead atoms. The fraction of sp³-hybridized carbons (Fsp3) is 0.233. The maximum absolute atomic E-state index is 13.6. The molecule has 2 aliphatic rings. The molecule has 10 heteroatoms. The summed E-state index contributed by atoms with van der Waals surface area (Å²) in [5.74, 6) is -4.44. The molecule has 1 saturated heterocycles. The van der Waals surface area contributed by atoms with Gasteiger partial charge in [0.1, 0.15) is 17.9 Å². The van der Waals surface area contributed by atoms with E-state index in [1.807, 2.05) is 36.4 Å². The third-order valence-corrected chi connectivity index (χ3v) is 7.33. The van der Waals surface area contributed by atoms with Gasteiger partial charge in [0.05, 0.1) is 22.2 Å². The lowest BCUT2D eigenvalue weighted by Gasteiger charge is -2.44. The number of allylic oxidation sites excluding steroid dienone is 1. The monoisotopic (exact) mass is 540 g/mol. The average molecular weight is 541 g/mol. The summed E-state index contributed by atoms with van der Waals surface area (Å²) in [6.07, 6.45) is -0.443. The van der Waals surface area contributed by atoms with Gasteiger partial charge in [-0.2, -0.15) is 0 Å². The summed E-state index contributed by atoms with van der Waals surface area (Å²) in [6, 6.07) is 25.6. The van der Waals surface area contributed by atoms with Crippen LogP contribution in [0.3, 0.4) is 0 Å². The van der Waals surface area contributed by atoms with Crippen LogP contribution in [0.1, 0.15) is 35.6 Å². The Kier molecular flexibility index (Phi) is 7.43. The van der Waals surface area contributed by atoms with Crippen molar-refractivity contribution in [1.29, 1.82) is 0 Å². The van der Waals surface area contributed by atoms with E-state index in [2.05, 4.69) is 34.2 Å². The molecule has 5 rings (SSSR count). The summed E-state index contributed by atoms with van der Waals surface area (Å²) in [5, 5.41) is 21.4. The minimum atomic E-state index is -1.29. The second-order valence-corrected chi connectivity index (χ2v) is 9.89. The maximum Gasteiger partial charge on any atom is 0.334 e. The van der Waals surface area contributed by atoms with Crippen LogP contribution >= 0.6 is 0 Å². The minimum absolute atomic E-state index is 0.0273. The quantitative estimate of drug-likeness (QED) is 0.247. The van der Waals surface area contributed by atoms with Gasteiger partial charge in [0, 0.05) is 31.1 Å². The predicted octanol–water partition coefficient (Wildman–Crippen LogP) is 4.04. The number of ether oxygens (including phenoxy) is 1. The first kappa shape index (κ1) is 26.8. The number of likely N-dealkylation sites (tertiary alicyclic amines) is 1. The van der Waals surface area contributed by atoms with Crippen LogP contribution in [0, 0.1) is 16.0 Å². The van der Waals surface area contributed by atoms with Crippen LogP contribution in [0.15, 0.2) is 101 Å². The van der Waals surface area contributed by atoms with Crippen molar-refractivity contribution in [2.24, 2.45) is 16.6 Å². The SMILES string of the molecule is CC1=C(C(=O)O)C(c2cccc([N+](=O)[O-])c2)C(C(=O)OC2CN(C(c3ccccc3)c3ccccc3)C2)C(N)=N1. The molecule has 0 spiro atoms. The number of nitrogens with zero attached hydrogens (tertiary/aromatic N) is 3. The third kappa shape index (κ3) is 5.21. The number of nitro benzene ring substituents is 1. The number of benzene rings is 3. The third-order valence-electron chi connectivity index (χ3n) is 7.33. The van der Waals surface area contributed by atoms with Crippen LogP contribution < -0.4 is 5.73 Å². The van der Waals surface area contributed by atoms with Crippen molar-refractivity contribution < 1.29 is 24.4 Å². The summed E-state index contributed by atoms with van der Waals surface area (Å²) in [4.78, 5) is 43.0. The summed E-state index contributed by atoms with van der Waals surface area (Å²) in [5.41, 5.74) is 8.45.